The maximum Gasteiger partial charge on any atom is 0.157 e. The van der Waals surface area contributed by atoms with Crippen molar-refractivity contribution in [2.45, 2.75) is 45.5 Å². The van der Waals surface area contributed by atoms with Gasteiger partial charge in [-0.15, -0.1) is 0 Å². The van der Waals surface area contributed by atoms with Gasteiger partial charge in [0.25, 0.3) is 0 Å². The average molecular weight is 144 g/mol. The second kappa shape index (κ2) is 3.94. The lowest BCUT2D eigenvalue weighted by Crippen LogP contribution is -2.31. The summed E-state index contributed by atoms with van der Waals surface area (Å²) in [6, 6.07) is 0. The third kappa shape index (κ3) is 1.96. The van der Waals surface area contributed by atoms with Crippen LogP contribution in [-0.4, -0.2) is 19.0 Å². The first kappa shape index (κ1) is 8.02. The van der Waals surface area contributed by atoms with Crippen LogP contribution >= 0.6 is 0 Å². The molecule has 1 heterocycles. The van der Waals surface area contributed by atoms with Gasteiger partial charge in [0.2, 0.25) is 0 Å². The molecule has 0 aliphatic carbocycles. The smallest absolute Gasteiger partial charge is 0.157 e. The minimum atomic E-state index is 0.0682. The minimum Gasteiger partial charge on any atom is -0.353 e. The third-order valence-electron chi connectivity index (χ3n) is 1.88. The van der Waals surface area contributed by atoms with E-state index in [-0.39, 0.29) is 6.29 Å². The molecule has 0 aromatic carbocycles. The maximum absolute atomic E-state index is 5.56. The molecule has 2 unspecified atom stereocenters. The summed E-state index contributed by atoms with van der Waals surface area (Å²) in [5.41, 5.74) is 0. The van der Waals surface area contributed by atoms with Gasteiger partial charge in [-0.05, 0) is 19.3 Å². The summed E-state index contributed by atoms with van der Waals surface area (Å²) in [5.74, 6) is 0. The molecule has 1 saturated heterocycles. The first-order chi connectivity index (χ1) is 4.86. The maximum atomic E-state index is 5.56. The predicted molar refractivity (Wildman–Crippen MR) is 39.8 cm³/mol. The van der Waals surface area contributed by atoms with E-state index < -0.39 is 0 Å². The van der Waals surface area contributed by atoms with Crippen LogP contribution in [0, 0.1) is 0 Å². The summed E-state index contributed by atoms with van der Waals surface area (Å²) < 4.78 is 10.9. The van der Waals surface area contributed by atoms with E-state index in [4.69, 9.17) is 9.47 Å². The van der Waals surface area contributed by atoms with Crippen molar-refractivity contribution >= 4 is 0 Å². The van der Waals surface area contributed by atoms with Crippen LogP contribution in [0.25, 0.3) is 0 Å². The molecule has 2 atom stereocenters. The molecule has 0 spiro atoms. The van der Waals surface area contributed by atoms with E-state index in [0.29, 0.717) is 6.10 Å². The van der Waals surface area contributed by atoms with Crippen LogP contribution in [-0.2, 0) is 9.47 Å². The number of ether oxygens (including phenoxy) is 2. The van der Waals surface area contributed by atoms with Crippen molar-refractivity contribution in [1.82, 2.24) is 0 Å². The summed E-state index contributed by atoms with van der Waals surface area (Å²) in [7, 11) is 0. The van der Waals surface area contributed by atoms with Crippen molar-refractivity contribution in [3.8, 4) is 0 Å². The monoisotopic (exact) mass is 144 g/mol. The fraction of sp³-hybridized carbons (Fsp3) is 1.00. The lowest BCUT2D eigenvalue weighted by molar-refractivity contribution is -0.212. The molecule has 1 rings (SSSR count). The molecule has 1 aliphatic rings. The molecule has 2 nitrogen and oxygen atoms in total. The predicted octanol–water partition coefficient (Wildman–Crippen LogP) is 1.94. The molecule has 10 heavy (non-hydrogen) atoms. The van der Waals surface area contributed by atoms with Crippen LogP contribution in [0.3, 0.4) is 0 Å². The minimum absolute atomic E-state index is 0.0682. The zero-order valence-electron chi connectivity index (χ0n) is 6.80. The summed E-state index contributed by atoms with van der Waals surface area (Å²) >= 11 is 0. The van der Waals surface area contributed by atoms with E-state index in [1.807, 2.05) is 0 Å². The van der Waals surface area contributed by atoms with Crippen molar-refractivity contribution < 1.29 is 9.47 Å². The van der Waals surface area contributed by atoms with E-state index in [1.165, 1.54) is 0 Å². The Kier molecular flexibility index (Phi) is 3.16. The first-order valence-corrected chi connectivity index (χ1v) is 4.13. The normalized spacial score (nSPS) is 34.2. The molecular formula is C8H16O2. The van der Waals surface area contributed by atoms with Crippen LogP contribution in [0.15, 0.2) is 0 Å². The zero-order chi connectivity index (χ0) is 7.40. The Bertz CT molecular complexity index is 83.3. The molecule has 0 radical (unpaired) electrons. The standard InChI is InChI=1S/C8H16O2/c1-3-7-5-6-9-8(4-2)10-7/h7-8H,3-6H2,1-2H3. The molecule has 0 N–H and O–H groups in total. The van der Waals surface area contributed by atoms with Gasteiger partial charge in [-0.3, -0.25) is 0 Å². The second-order valence-electron chi connectivity index (χ2n) is 2.66. The Morgan fingerprint density at radius 3 is 2.70 bits per heavy atom. The van der Waals surface area contributed by atoms with Gasteiger partial charge in [0.15, 0.2) is 6.29 Å². The van der Waals surface area contributed by atoms with Gasteiger partial charge in [0.05, 0.1) is 12.7 Å². The molecule has 1 fully saturated rings. The van der Waals surface area contributed by atoms with Crippen LogP contribution in [0.2, 0.25) is 0 Å². The zero-order valence-corrected chi connectivity index (χ0v) is 6.80. The van der Waals surface area contributed by atoms with Gasteiger partial charge >= 0.3 is 0 Å². The molecule has 60 valence electrons. The topological polar surface area (TPSA) is 18.5 Å². The average Bonchev–Trinajstić information content (AvgIpc) is 2.05. The molecular weight excluding hydrogens is 128 g/mol. The van der Waals surface area contributed by atoms with Gasteiger partial charge in [-0.1, -0.05) is 13.8 Å². The number of hydrogen-bond donors (Lipinski definition) is 0. The fourth-order valence-corrected chi connectivity index (χ4v) is 1.17. The highest BCUT2D eigenvalue weighted by atomic mass is 16.7. The Balaban J connectivity index is 2.25. The van der Waals surface area contributed by atoms with Crippen LogP contribution in [0.5, 0.6) is 0 Å². The first-order valence-electron chi connectivity index (χ1n) is 4.13. The lowest BCUT2D eigenvalue weighted by Gasteiger charge is -2.28. The molecule has 1 aliphatic heterocycles. The lowest BCUT2D eigenvalue weighted by atomic mass is 10.2. The molecule has 0 saturated carbocycles. The van der Waals surface area contributed by atoms with Crippen molar-refractivity contribution in [3.63, 3.8) is 0 Å². The van der Waals surface area contributed by atoms with Crippen molar-refractivity contribution in [3.05, 3.63) is 0 Å². The quantitative estimate of drug-likeness (QED) is 0.589. The Morgan fingerprint density at radius 2 is 2.10 bits per heavy atom. The van der Waals surface area contributed by atoms with Crippen molar-refractivity contribution in [1.29, 1.82) is 0 Å². The van der Waals surface area contributed by atoms with Crippen LogP contribution in [0.1, 0.15) is 33.1 Å². The summed E-state index contributed by atoms with van der Waals surface area (Å²) in [4.78, 5) is 0. The highest BCUT2D eigenvalue weighted by Crippen LogP contribution is 2.16. The highest BCUT2D eigenvalue weighted by Gasteiger charge is 2.19. The van der Waals surface area contributed by atoms with Crippen LogP contribution in [0.4, 0.5) is 0 Å². The van der Waals surface area contributed by atoms with Crippen LogP contribution < -0.4 is 0 Å². The summed E-state index contributed by atoms with van der Waals surface area (Å²) in [6.45, 7) is 5.11. The van der Waals surface area contributed by atoms with Gasteiger partial charge in [-0.25, -0.2) is 0 Å². The van der Waals surface area contributed by atoms with E-state index in [0.717, 1.165) is 25.9 Å². The van der Waals surface area contributed by atoms with Crippen molar-refractivity contribution in [2.24, 2.45) is 0 Å². The molecule has 0 aromatic heterocycles. The Hall–Kier alpha value is -0.0800. The molecule has 0 aromatic rings. The molecule has 0 amide bonds. The largest absolute Gasteiger partial charge is 0.353 e. The van der Waals surface area contributed by atoms with Gasteiger partial charge in [0, 0.05) is 0 Å². The van der Waals surface area contributed by atoms with E-state index in [9.17, 15) is 0 Å². The highest BCUT2D eigenvalue weighted by molar-refractivity contribution is 4.60. The SMILES string of the molecule is CCC1CCOC(CC)O1. The number of rotatable bonds is 2. The number of hydrogen-bond acceptors (Lipinski definition) is 2. The summed E-state index contributed by atoms with van der Waals surface area (Å²) in [6.07, 6.45) is 3.65. The fourth-order valence-electron chi connectivity index (χ4n) is 1.17. The Morgan fingerprint density at radius 1 is 1.30 bits per heavy atom. The Labute approximate surface area is 62.5 Å². The van der Waals surface area contributed by atoms with Gasteiger partial charge in [0.1, 0.15) is 0 Å². The van der Waals surface area contributed by atoms with E-state index >= 15 is 0 Å². The molecule has 2 heteroatoms. The molecule has 0 bridgehead atoms. The van der Waals surface area contributed by atoms with E-state index in [1.54, 1.807) is 0 Å². The van der Waals surface area contributed by atoms with Gasteiger partial charge < -0.3 is 9.47 Å². The third-order valence-corrected chi connectivity index (χ3v) is 1.88. The van der Waals surface area contributed by atoms with Crippen molar-refractivity contribution in [2.75, 3.05) is 6.61 Å². The summed E-state index contributed by atoms with van der Waals surface area (Å²) in [5, 5.41) is 0. The van der Waals surface area contributed by atoms with Gasteiger partial charge in [-0.2, -0.15) is 0 Å². The van der Waals surface area contributed by atoms with E-state index in [2.05, 4.69) is 13.8 Å². The second-order valence-corrected chi connectivity index (χ2v) is 2.66.